The number of hydrogen-bond acceptors (Lipinski definition) is 5. The molecule has 0 saturated carbocycles. The van der Waals surface area contributed by atoms with Crippen LogP contribution in [0.3, 0.4) is 0 Å². The molecule has 0 unspecified atom stereocenters. The van der Waals surface area contributed by atoms with Crippen LogP contribution in [-0.4, -0.2) is 66.8 Å². The van der Waals surface area contributed by atoms with Crippen molar-refractivity contribution in [3.05, 3.63) is 0 Å². The van der Waals surface area contributed by atoms with E-state index in [0.717, 1.165) is 45.8 Å². The number of ether oxygens (including phenoxy) is 2. The lowest BCUT2D eigenvalue weighted by Crippen LogP contribution is -2.50. The van der Waals surface area contributed by atoms with Gasteiger partial charge in [-0.3, -0.25) is 4.90 Å². The lowest BCUT2D eigenvalue weighted by Gasteiger charge is -2.35. The minimum absolute atomic E-state index is 0.203. The van der Waals surface area contributed by atoms with Crippen LogP contribution >= 0.6 is 12.6 Å². The van der Waals surface area contributed by atoms with E-state index in [1.54, 1.807) is 4.90 Å². The standard InChI is InChI=1S/C13H26N2O3S/c1-13(2,3)18-12(16)15-8-6-14(7-9-15)5-4-10-17-11-19/h19H,4-11H2,1-3H3. The summed E-state index contributed by atoms with van der Waals surface area (Å²) in [7, 11) is 0. The van der Waals surface area contributed by atoms with E-state index in [1.807, 2.05) is 20.8 Å². The van der Waals surface area contributed by atoms with E-state index in [4.69, 9.17) is 9.47 Å². The third-order valence-corrected chi connectivity index (χ3v) is 3.06. The highest BCUT2D eigenvalue weighted by atomic mass is 32.1. The van der Waals surface area contributed by atoms with Gasteiger partial charge in [0.05, 0.1) is 5.94 Å². The molecule has 0 spiro atoms. The van der Waals surface area contributed by atoms with Crippen LogP contribution in [0.4, 0.5) is 4.79 Å². The fraction of sp³-hybridized carbons (Fsp3) is 0.923. The Morgan fingerprint density at radius 1 is 1.21 bits per heavy atom. The van der Waals surface area contributed by atoms with Crippen molar-refractivity contribution < 1.29 is 14.3 Å². The molecule has 0 atom stereocenters. The maximum atomic E-state index is 11.9. The fourth-order valence-corrected chi connectivity index (χ4v) is 2.06. The molecule has 1 heterocycles. The van der Waals surface area contributed by atoms with Crippen molar-refractivity contribution in [1.29, 1.82) is 0 Å². The van der Waals surface area contributed by atoms with E-state index >= 15 is 0 Å². The third-order valence-electron chi connectivity index (χ3n) is 2.88. The zero-order valence-corrected chi connectivity index (χ0v) is 13.1. The molecule has 1 rings (SSSR count). The normalized spacial score (nSPS) is 17.6. The molecule has 0 aliphatic carbocycles. The maximum absolute atomic E-state index is 11.9. The number of carbonyl (C=O) groups excluding carboxylic acids is 1. The van der Waals surface area contributed by atoms with E-state index in [0.29, 0.717) is 5.94 Å². The van der Waals surface area contributed by atoms with Gasteiger partial charge in [-0.15, -0.1) is 0 Å². The van der Waals surface area contributed by atoms with Crippen LogP contribution in [0.5, 0.6) is 0 Å². The summed E-state index contributed by atoms with van der Waals surface area (Å²) in [6.45, 7) is 10.7. The SMILES string of the molecule is CC(C)(C)OC(=O)N1CCN(CCCOCS)CC1. The first kappa shape index (κ1) is 16.6. The summed E-state index contributed by atoms with van der Waals surface area (Å²) in [5.74, 6) is 0.479. The molecule has 1 aliphatic rings. The maximum Gasteiger partial charge on any atom is 0.410 e. The van der Waals surface area contributed by atoms with Gasteiger partial charge in [-0.1, -0.05) is 0 Å². The van der Waals surface area contributed by atoms with Crippen LogP contribution in [-0.2, 0) is 9.47 Å². The molecule has 1 amide bonds. The van der Waals surface area contributed by atoms with E-state index in [1.165, 1.54) is 0 Å². The van der Waals surface area contributed by atoms with Crippen LogP contribution < -0.4 is 0 Å². The zero-order valence-electron chi connectivity index (χ0n) is 12.2. The summed E-state index contributed by atoms with van der Waals surface area (Å²) >= 11 is 3.99. The number of carbonyl (C=O) groups is 1. The number of nitrogens with zero attached hydrogens (tertiary/aromatic N) is 2. The Balaban J connectivity index is 2.19. The van der Waals surface area contributed by atoms with Crippen LogP contribution in [0.25, 0.3) is 0 Å². The van der Waals surface area contributed by atoms with Gasteiger partial charge in [-0.25, -0.2) is 4.79 Å². The first-order valence-corrected chi connectivity index (χ1v) is 7.44. The number of hydrogen-bond donors (Lipinski definition) is 1. The Kier molecular flexibility index (Phi) is 6.96. The molecule has 1 saturated heterocycles. The number of thiol groups is 1. The summed E-state index contributed by atoms with van der Waals surface area (Å²) in [5.41, 5.74) is -0.418. The van der Waals surface area contributed by atoms with E-state index in [-0.39, 0.29) is 6.09 Å². The van der Waals surface area contributed by atoms with Gasteiger partial charge in [0.1, 0.15) is 5.60 Å². The quantitative estimate of drug-likeness (QED) is 0.476. The Labute approximate surface area is 121 Å². The second kappa shape index (κ2) is 7.97. The van der Waals surface area contributed by atoms with Gasteiger partial charge >= 0.3 is 6.09 Å². The molecule has 5 nitrogen and oxygen atoms in total. The van der Waals surface area contributed by atoms with Gasteiger partial charge in [0.15, 0.2) is 0 Å². The summed E-state index contributed by atoms with van der Waals surface area (Å²) in [4.78, 5) is 16.0. The van der Waals surface area contributed by atoms with Crippen molar-refractivity contribution in [2.24, 2.45) is 0 Å². The second-order valence-corrected chi connectivity index (χ2v) is 5.96. The summed E-state index contributed by atoms with van der Waals surface area (Å²) in [5, 5.41) is 0. The molecule has 0 radical (unpaired) electrons. The molecule has 112 valence electrons. The number of amides is 1. The Morgan fingerprint density at radius 2 is 1.84 bits per heavy atom. The lowest BCUT2D eigenvalue weighted by atomic mass is 10.2. The number of rotatable bonds is 5. The lowest BCUT2D eigenvalue weighted by molar-refractivity contribution is 0.0139. The highest BCUT2D eigenvalue weighted by Crippen LogP contribution is 2.11. The van der Waals surface area contributed by atoms with E-state index in [2.05, 4.69) is 17.5 Å². The van der Waals surface area contributed by atoms with E-state index < -0.39 is 5.60 Å². The second-order valence-electron chi connectivity index (χ2n) is 5.70. The topological polar surface area (TPSA) is 42.0 Å². The average molecular weight is 290 g/mol. The summed E-state index contributed by atoms with van der Waals surface area (Å²) < 4.78 is 10.6. The molecular weight excluding hydrogens is 264 g/mol. The Bertz CT molecular complexity index is 274. The number of piperazine rings is 1. The van der Waals surface area contributed by atoms with Crippen molar-refractivity contribution >= 4 is 18.7 Å². The average Bonchev–Trinajstić information content (AvgIpc) is 2.33. The van der Waals surface area contributed by atoms with Crippen LogP contribution in [0, 0.1) is 0 Å². The molecule has 1 fully saturated rings. The Hall–Kier alpha value is -0.460. The molecule has 1 aliphatic heterocycles. The van der Waals surface area contributed by atoms with Gasteiger partial charge < -0.3 is 14.4 Å². The van der Waals surface area contributed by atoms with Crippen LogP contribution in [0.15, 0.2) is 0 Å². The third kappa shape index (κ3) is 7.03. The predicted octanol–water partition coefficient (Wildman–Crippen LogP) is 1.83. The smallest absolute Gasteiger partial charge is 0.410 e. The molecular formula is C13H26N2O3S. The summed E-state index contributed by atoms with van der Waals surface area (Å²) in [6, 6.07) is 0. The summed E-state index contributed by atoms with van der Waals surface area (Å²) in [6.07, 6.45) is 0.804. The fourth-order valence-electron chi connectivity index (χ4n) is 1.94. The molecule has 6 heteroatoms. The monoisotopic (exact) mass is 290 g/mol. The molecule has 0 aromatic rings. The van der Waals surface area contributed by atoms with Gasteiger partial charge in [-0.05, 0) is 27.2 Å². The van der Waals surface area contributed by atoms with Crippen molar-refractivity contribution in [1.82, 2.24) is 9.80 Å². The van der Waals surface area contributed by atoms with Crippen molar-refractivity contribution in [3.8, 4) is 0 Å². The largest absolute Gasteiger partial charge is 0.444 e. The van der Waals surface area contributed by atoms with Crippen LogP contribution in [0.2, 0.25) is 0 Å². The first-order chi connectivity index (χ1) is 8.92. The highest BCUT2D eigenvalue weighted by molar-refractivity contribution is 7.80. The van der Waals surface area contributed by atoms with Crippen molar-refractivity contribution in [2.75, 3.05) is 45.3 Å². The van der Waals surface area contributed by atoms with Gasteiger partial charge in [-0.2, -0.15) is 12.6 Å². The molecule has 0 aromatic carbocycles. The minimum atomic E-state index is -0.418. The van der Waals surface area contributed by atoms with Crippen molar-refractivity contribution in [3.63, 3.8) is 0 Å². The molecule has 19 heavy (non-hydrogen) atoms. The molecule has 0 bridgehead atoms. The van der Waals surface area contributed by atoms with Crippen molar-refractivity contribution in [2.45, 2.75) is 32.8 Å². The first-order valence-electron chi connectivity index (χ1n) is 6.81. The predicted molar refractivity (Wildman–Crippen MR) is 78.7 cm³/mol. The van der Waals surface area contributed by atoms with Gasteiger partial charge in [0, 0.05) is 39.3 Å². The molecule has 0 N–H and O–H groups in total. The highest BCUT2D eigenvalue weighted by Gasteiger charge is 2.25. The molecule has 0 aromatic heterocycles. The minimum Gasteiger partial charge on any atom is -0.444 e. The Morgan fingerprint density at radius 3 is 2.37 bits per heavy atom. The van der Waals surface area contributed by atoms with Gasteiger partial charge in [0.25, 0.3) is 0 Å². The van der Waals surface area contributed by atoms with E-state index in [9.17, 15) is 4.79 Å². The van der Waals surface area contributed by atoms with Crippen LogP contribution in [0.1, 0.15) is 27.2 Å². The zero-order chi connectivity index (χ0) is 14.3. The van der Waals surface area contributed by atoms with Gasteiger partial charge in [0.2, 0.25) is 0 Å².